The molecule has 1 aliphatic rings. The molecule has 0 unspecified atom stereocenters. The second-order valence-corrected chi connectivity index (χ2v) is 4.40. The lowest BCUT2D eigenvalue weighted by Gasteiger charge is -2.27. The molecule has 0 saturated heterocycles. The monoisotopic (exact) mass is 212 g/mol. The molecule has 1 aliphatic carbocycles. The molecule has 1 aromatic rings. The molecular weight excluding hydrogens is 196 g/mol. The van der Waals surface area contributed by atoms with E-state index in [-0.39, 0.29) is 0 Å². The normalized spacial score (nSPS) is 27.8. The van der Waals surface area contributed by atoms with Gasteiger partial charge in [0.25, 0.3) is 0 Å². The van der Waals surface area contributed by atoms with Gasteiger partial charge in [-0.05, 0) is 43.8 Å². The Morgan fingerprint density at radius 2 is 2.14 bits per heavy atom. The summed E-state index contributed by atoms with van der Waals surface area (Å²) in [4.78, 5) is 0. The maximum atomic E-state index is 5.08. The van der Waals surface area contributed by atoms with E-state index in [4.69, 9.17) is 12.2 Å². The van der Waals surface area contributed by atoms with E-state index in [1.165, 1.54) is 32.1 Å². The Kier molecular flexibility index (Phi) is 2.96. The molecule has 1 fully saturated rings. The molecule has 1 heterocycles. The SMILES string of the molecule is CCC1CCC(n2[nH]nnc2=S)CC1. The molecular formula is C9H16N4S. The molecule has 0 spiro atoms. The first-order chi connectivity index (χ1) is 6.81. The summed E-state index contributed by atoms with van der Waals surface area (Å²) < 4.78 is 2.52. The number of nitrogens with zero attached hydrogens (tertiary/aromatic N) is 3. The standard InChI is InChI=1S/C9H16N4S/c1-2-7-3-5-8(6-4-7)13-9(14)10-11-12-13/h7-8H,2-6H2,1H3,(H,10,12,14). The minimum atomic E-state index is 0.500. The highest BCUT2D eigenvalue weighted by Crippen LogP contribution is 2.32. The minimum absolute atomic E-state index is 0.500. The first kappa shape index (κ1) is 9.83. The van der Waals surface area contributed by atoms with Gasteiger partial charge in [0.05, 0.1) is 6.04 Å². The van der Waals surface area contributed by atoms with Crippen molar-refractivity contribution in [2.75, 3.05) is 0 Å². The van der Waals surface area contributed by atoms with Crippen LogP contribution in [0, 0.1) is 10.7 Å². The van der Waals surface area contributed by atoms with Gasteiger partial charge >= 0.3 is 0 Å². The van der Waals surface area contributed by atoms with Crippen LogP contribution >= 0.6 is 12.2 Å². The zero-order valence-corrected chi connectivity index (χ0v) is 9.26. The number of hydrogen-bond acceptors (Lipinski definition) is 3. The van der Waals surface area contributed by atoms with Gasteiger partial charge in [0, 0.05) is 0 Å². The molecule has 2 rings (SSSR count). The van der Waals surface area contributed by atoms with Gasteiger partial charge in [0.2, 0.25) is 4.77 Å². The van der Waals surface area contributed by atoms with Crippen molar-refractivity contribution < 1.29 is 0 Å². The maximum absolute atomic E-state index is 5.08. The number of tetrazole rings is 1. The van der Waals surface area contributed by atoms with E-state index >= 15 is 0 Å². The second-order valence-electron chi connectivity index (χ2n) is 4.04. The van der Waals surface area contributed by atoms with E-state index < -0.39 is 0 Å². The molecule has 0 atom stereocenters. The van der Waals surface area contributed by atoms with Crippen LogP contribution in [0.1, 0.15) is 45.1 Å². The molecule has 1 aromatic heterocycles. The minimum Gasteiger partial charge on any atom is -0.239 e. The van der Waals surface area contributed by atoms with Gasteiger partial charge in [-0.1, -0.05) is 23.7 Å². The summed E-state index contributed by atoms with van der Waals surface area (Å²) in [6.45, 7) is 2.27. The molecule has 0 bridgehead atoms. The lowest BCUT2D eigenvalue weighted by molar-refractivity contribution is 0.252. The third-order valence-electron chi connectivity index (χ3n) is 3.25. The lowest BCUT2D eigenvalue weighted by Crippen LogP contribution is -2.19. The molecule has 1 N–H and O–H groups in total. The summed E-state index contributed by atoms with van der Waals surface area (Å²) in [6, 6.07) is 0.500. The van der Waals surface area contributed by atoms with Crippen molar-refractivity contribution in [3.05, 3.63) is 4.77 Å². The molecule has 1 saturated carbocycles. The van der Waals surface area contributed by atoms with Crippen LogP contribution in [0.5, 0.6) is 0 Å². The highest BCUT2D eigenvalue weighted by Gasteiger charge is 2.21. The molecule has 0 aliphatic heterocycles. The topological polar surface area (TPSA) is 46.5 Å². The van der Waals surface area contributed by atoms with E-state index in [0.717, 1.165) is 5.92 Å². The van der Waals surface area contributed by atoms with Crippen LogP contribution in [0.25, 0.3) is 0 Å². The van der Waals surface area contributed by atoms with Crippen LogP contribution in [0.15, 0.2) is 0 Å². The van der Waals surface area contributed by atoms with Gasteiger partial charge < -0.3 is 0 Å². The maximum Gasteiger partial charge on any atom is 0.238 e. The average molecular weight is 212 g/mol. The van der Waals surface area contributed by atoms with Crippen LogP contribution < -0.4 is 0 Å². The van der Waals surface area contributed by atoms with Gasteiger partial charge in [-0.25, -0.2) is 4.68 Å². The van der Waals surface area contributed by atoms with Crippen molar-refractivity contribution in [2.24, 2.45) is 5.92 Å². The van der Waals surface area contributed by atoms with E-state index in [1.54, 1.807) is 0 Å². The Balaban J connectivity index is 2.02. The quantitative estimate of drug-likeness (QED) is 0.766. The van der Waals surface area contributed by atoms with Crippen LogP contribution in [-0.4, -0.2) is 20.2 Å². The molecule has 5 heteroatoms. The number of hydrogen-bond donors (Lipinski definition) is 1. The van der Waals surface area contributed by atoms with Crippen LogP contribution in [0.3, 0.4) is 0 Å². The second kappa shape index (κ2) is 4.21. The van der Waals surface area contributed by atoms with Gasteiger partial charge in [0.1, 0.15) is 0 Å². The highest BCUT2D eigenvalue weighted by atomic mass is 32.1. The summed E-state index contributed by atoms with van der Waals surface area (Å²) in [5, 5.41) is 10.4. The van der Waals surface area contributed by atoms with Gasteiger partial charge in [-0.15, -0.1) is 0 Å². The fourth-order valence-electron chi connectivity index (χ4n) is 2.25. The van der Waals surface area contributed by atoms with E-state index in [9.17, 15) is 0 Å². The number of aromatic nitrogens is 4. The van der Waals surface area contributed by atoms with Crippen molar-refractivity contribution in [1.29, 1.82) is 0 Å². The number of H-pyrrole nitrogens is 1. The Bertz CT molecular complexity index is 335. The zero-order valence-electron chi connectivity index (χ0n) is 8.44. The third kappa shape index (κ3) is 1.87. The van der Waals surface area contributed by atoms with Gasteiger partial charge in [-0.3, -0.25) is 0 Å². The molecule has 14 heavy (non-hydrogen) atoms. The highest BCUT2D eigenvalue weighted by molar-refractivity contribution is 7.71. The predicted octanol–water partition coefficient (Wildman–Crippen LogP) is 2.48. The largest absolute Gasteiger partial charge is 0.239 e. The van der Waals surface area contributed by atoms with Crippen molar-refractivity contribution >= 4 is 12.2 Å². The number of aromatic amines is 1. The van der Waals surface area contributed by atoms with E-state index in [0.29, 0.717) is 10.8 Å². The molecule has 0 radical (unpaired) electrons. The summed E-state index contributed by atoms with van der Waals surface area (Å²) in [5.74, 6) is 0.913. The first-order valence-electron chi connectivity index (χ1n) is 5.31. The van der Waals surface area contributed by atoms with Gasteiger partial charge in [-0.2, -0.15) is 5.21 Å². The lowest BCUT2D eigenvalue weighted by atomic mass is 9.85. The summed E-state index contributed by atoms with van der Waals surface area (Å²) in [7, 11) is 0. The predicted molar refractivity (Wildman–Crippen MR) is 56.5 cm³/mol. The fourth-order valence-corrected chi connectivity index (χ4v) is 2.48. The molecule has 0 aromatic carbocycles. The summed E-state index contributed by atoms with van der Waals surface area (Å²) >= 11 is 5.08. The Labute approximate surface area is 88.7 Å². The Morgan fingerprint density at radius 1 is 1.43 bits per heavy atom. The van der Waals surface area contributed by atoms with Crippen molar-refractivity contribution in [2.45, 2.75) is 45.1 Å². The van der Waals surface area contributed by atoms with Gasteiger partial charge in [0.15, 0.2) is 0 Å². The van der Waals surface area contributed by atoms with Crippen molar-refractivity contribution in [1.82, 2.24) is 20.2 Å². The molecule has 0 amide bonds. The zero-order chi connectivity index (χ0) is 9.97. The number of rotatable bonds is 2. The number of nitrogens with one attached hydrogen (secondary N) is 1. The Morgan fingerprint density at radius 3 is 2.64 bits per heavy atom. The van der Waals surface area contributed by atoms with Crippen LogP contribution in [-0.2, 0) is 0 Å². The molecule has 4 nitrogen and oxygen atoms in total. The first-order valence-corrected chi connectivity index (χ1v) is 5.71. The van der Waals surface area contributed by atoms with Crippen molar-refractivity contribution in [3.63, 3.8) is 0 Å². The average Bonchev–Trinajstić information content (AvgIpc) is 2.65. The smallest absolute Gasteiger partial charge is 0.238 e. The Hall–Kier alpha value is -0.710. The molecule has 78 valence electrons. The third-order valence-corrected chi connectivity index (χ3v) is 3.53. The van der Waals surface area contributed by atoms with E-state index in [2.05, 4.69) is 22.4 Å². The van der Waals surface area contributed by atoms with Crippen LogP contribution in [0.4, 0.5) is 0 Å². The fraction of sp³-hybridized carbons (Fsp3) is 0.889. The summed E-state index contributed by atoms with van der Waals surface area (Å²) in [5.41, 5.74) is 0. The van der Waals surface area contributed by atoms with Crippen LogP contribution in [0.2, 0.25) is 0 Å². The summed E-state index contributed by atoms with van der Waals surface area (Å²) in [6.07, 6.45) is 6.33. The van der Waals surface area contributed by atoms with E-state index in [1.807, 2.05) is 4.68 Å². The van der Waals surface area contributed by atoms with Crippen molar-refractivity contribution in [3.8, 4) is 0 Å².